The molecule has 0 bridgehead atoms. The number of aliphatic imine (C=N–C) groups is 1. The molecule has 1 atom stereocenters. The van der Waals surface area contributed by atoms with E-state index < -0.39 is 0 Å². The number of halogens is 2. The molecule has 0 radical (unpaired) electrons. The summed E-state index contributed by atoms with van der Waals surface area (Å²) in [6, 6.07) is 8.73. The average molecular weight is 521 g/mol. The Balaban J connectivity index is 0.00000225. The Hall–Kier alpha value is -0.830. The number of nitrogens with one attached hydrogen (secondary N) is 2. The topological polar surface area (TPSA) is 56.7 Å². The zero-order chi connectivity index (χ0) is 17.2. The van der Waals surface area contributed by atoms with Gasteiger partial charge < -0.3 is 15.5 Å². The molecular weight excluding hydrogens is 495 g/mol. The predicted molar refractivity (Wildman–Crippen MR) is 116 cm³/mol. The van der Waals surface area contributed by atoms with Gasteiger partial charge in [-0.05, 0) is 30.9 Å². The highest BCUT2D eigenvalue weighted by molar-refractivity contribution is 14.0. The maximum Gasteiger partial charge on any atom is 0.222 e. The minimum absolute atomic E-state index is 0. The van der Waals surface area contributed by atoms with Gasteiger partial charge in [-0.15, -0.1) is 24.0 Å². The van der Waals surface area contributed by atoms with Crippen molar-refractivity contribution in [2.24, 2.45) is 4.99 Å². The molecule has 1 heterocycles. The highest BCUT2D eigenvalue weighted by Gasteiger charge is 2.45. The number of hydrogen-bond acceptors (Lipinski definition) is 2. The van der Waals surface area contributed by atoms with Crippen molar-refractivity contribution in [3.63, 3.8) is 0 Å². The number of guanidine groups is 1. The molecule has 1 saturated carbocycles. The standard InChI is InChI=1S/C18H25BrN4O.HI/c1-20-17(22-13-7-8-16(24)23(2)11-13)21-12-18(9-10-18)14-5-3-4-6-15(14)19;/h3-6,13H,7-12H2,1-2H3,(H2,20,21,22);1H. The second-order valence-corrected chi connectivity index (χ2v) is 7.69. The van der Waals surface area contributed by atoms with E-state index in [0.717, 1.165) is 25.5 Å². The van der Waals surface area contributed by atoms with E-state index in [1.54, 1.807) is 11.9 Å². The molecule has 2 fully saturated rings. The summed E-state index contributed by atoms with van der Waals surface area (Å²) < 4.78 is 1.18. The maximum atomic E-state index is 11.6. The van der Waals surface area contributed by atoms with Crippen molar-refractivity contribution in [2.45, 2.75) is 37.1 Å². The number of amides is 1. The third kappa shape index (κ3) is 4.87. The number of carbonyl (C=O) groups is 1. The lowest BCUT2D eigenvalue weighted by molar-refractivity contribution is -0.132. The molecule has 1 aliphatic carbocycles. The monoisotopic (exact) mass is 520 g/mol. The van der Waals surface area contributed by atoms with E-state index in [1.165, 1.54) is 22.9 Å². The predicted octanol–water partition coefficient (Wildman–Crippen LogP) is 2.88. The number of likely N-dealkylation sites (tertiary alicyclic amines) is 1. The normalized spacial score (nSPS) is 22.2. The van der Waals surface area contributed by atoms with Crippen LogP contribution in [-0.4, -0.2) is 50.0 Å². The van der Waals surface area contributed by atoms with E-state index in [9.17, 15) is 4.79 Å². The van der Waals surface area contributed by atoms with E-state index in [-0.39, 0.29) is 41.3 Å². The van der Waals surface area contributed by atoms with Gasteiger partial charge in [0.2, 0.25) is 5.91 Å². The Morgan fingerprint density at radius 3 is 2.72 bits per heavy atom. The highest BCUT2D eigenvalue weighted by Crippen LogP contribution is 2.49. The van der Waals surface area contributed by atoms with Crippen LogP contribution in [0.3, 0.4) is 0 Å². The molecule has 25 heavy (non-hydrogen) atoms. The minimum atomic E-state index is 0. The Labute approximate surface area is 175 Å². The molecule has 1 amide bonds. The van der Waals surface area contributed by atoms with Gasteiger partial charge in [0.25, 0.3) is 0 Å². The van der Waals surface area contributed by atoms with Crippen molar-refractivity contribution in [3.05, 3.63) is 34.3 Å². The first-order valence-electron chi connectivity index (χ1n) is 8.50. The smallest absolute Gasteiger partial charge is 0.222 e. The van der Waals surface area contributed by atoms with Crippen LogP contribution in [0.5, 0.6) is 0 Å². The van der Waals surface area contributed by atoms with Crippen LogP contribution in [0, 0.1) is 0 Å². The van der Waals surface area contributed by atoms with Gasteiger partial charge in [-0.1, -0.05) is 34.1 Å². The Morgan fingerprint density at radius 1 is 1.40 bits per heavy atom. The Morgan fingerprint density at radius 2 is 2.12 bits per heavy atom. The lowest BCUT2D eigenvalue weighted by Gasteiger charge is -2.31. The second-order valence-electron chi connectivity index (χ2n) is 6.84. The van der Waals surface area contributed by atoms with Gasteiger partial charge in [-0.25, -0.2) is 0 Å². The fourth-order valence-corrected chi connectivity index (χ4v) is 4.06. The van der Waals surface area contributed by atoms with Crippen LogP contribution in [0.25, 0.3) is 0 Å². The quantitative estimate of drug-likeness (QED) is 0.364. The highest BCUT2D eigenvalue weighted by atomic mass is 127. The first-order chi connectivity index (χ1) is 11.5. The van der Waals surface area contributed by atoms with E-state index in [2.05, 4.69) is 55.8 Å². The summed E-state index contributed by atoms with van der Waals surface area (Å²) in [4.78, 5) is 17.7. The van der Waals surface area contributed by atoms with Crippen LogP contribution >= 0.6 is 39.9 Å². The van der Waals surface area contributed by atoms with Crippen molar-refractivity contribution < 1.29 is 4.79 Å². The van der Waals surface area contributed by atoms with Crippen LogP contribution in [-0.2, 0) is 10.2 Å². The van der Waals surface area contributed by atoms with Gasteiger partial charge in [0.15, 0.2) is 5.96 Å². The first-order valence-corrected chi connectivity index (χ1v) is 9.29. The SMILES string of the molecule is CN=C(NCC1(c2ccccc2Br)CC1)NC1CCC(=O)N(C)C1.I. The molecule has 1 saturated heterocycles. The molecule has 5 nitrogen and oxygen atoms in total. The number of piperidine rings is 1. The van der Waals surface area contributed by atoms with Crippen LogP contribution in [0.2, 0.25) is 0 Å². The number of likely N-dealkylation sites (N-methyl/N-ethyl adjacent to an activating group) is 1. The van der Waals surface area contributed by atoms with E-state index in [0.29, 0.717) is 6.42 Å². The molecule has 1 aromatic carbocycles. The van der Waals surface area contributed by atoms with Gasteiger partial charge in [0.1, 0.15) is 0 Å². The van der Waals surface area contributed by atoms with Gasteiger partial charge in [-0.3, -0.25) is 9.79 Å². The molecule has 1 unspecified atom stereocenters. The van der Waals surface area contributed by atoms with Crippen molar-refractivity contribution in [1.82, 2.24) is 15.5 Å². The molecule has 7 heteroatoms. The molecule has 2 aliphatic rings. The molecule has 3 rings (SSSR count). The van der Waals surface area contributed by atoms with Crippen LogP contribution in [0.15, 0.2) is 33.7 Å². The van der Waals surface area contributed by atoms with E-state index in [1.807, 2.05) is 7.05 Å². The summed E-state index contributed by atoms with van der Waals surface area (Å²) >= 11 is 3.68. The number of rotatable bonds is 4. The third-order valence-electron chi connectivity index (χ3n) is 5.08. The largest absolute Gasteiger partial charge is 0.356 e. The summed E-state index contributed by atoms with van der Waals surface area (Å²) in [6.07, 6.45) is 3.85. The van der Waals surface area contributed by atoms with Crippen LogP contribution < -0.4 is 10.6 Å². The maximum absolute atomic E-state index is 11.6. The average Bonchev–Trinajstić information content (AvgIpc) is 3.36. The number of hydrogen-bond donors (Lipinski definition) is 2. The summed E-state index contributed by atoms with van der Waals surface area (Å²) in [7, 11) is 3.66. The van der Waals surface area contributed by atoms with Gasteiger partial charge >= 0.3 is 0 Å². The van der Waals surface area contributed by atoms with Gasteiger partial charge in [0, 0.05) is 49.5 Å². The fourth-order valence-electron chi connectivity index (χ4n) is 3.35. The lowest BCUT2D eigenvalue weighted by Crippen LogP contribution is -2.52. The summed E-state index contributed by atoms with van der Waals surface area (Å²) in [5, 5.41) is 6.94. The van der Waals surface area contributed by atoms with Gasteiger partial charge in [-0.2, -0.15) is 0 Å². The first kappa shape index (κ1) is 20.5. The van der Waals surface area contributed by atoms with Gasteiger partial charge in [0.05, 0.1) is 0 Å². The molecule has 0 aromatic heterocycles. The number of carbonyl (C=O) groups excluding carboxylic acids is 1. The fraction of sp³-hybridized carbons (Fsp3) is 0.556. The lowest BCUT2D eigenvalue weighted by atomic mass is 9.96. The van der Waals surface area contributed by atoms with Crippen molar-refractivity contribution in [2.75, 3.05) is 27.2 Å². The molecule has 2 N–H and O–H groups in total. The minimum Gasteiger partial charge on any atom is -0.356 e. The molecular formula is C18H26BrIN4O. The van der Waals surface area contributed by atoms with Crippen molar-refractivity contribution in [3.8, 4) is 0 Å². The Kier molecular flexibility index (Phi) is 7.13. The Bertz CT molecular complexity index is 648. The zero-order valence-corrected chi connectivity index (χ0v) is 18.6. The molecule has 1 aliphatic heterocycles. The van der Waals surface area contributed by atoms with Crippen LogP contribution in [0.1, 0.15) is 31.2 Å². The zero-order valence-electron chi connectivity index (χ0n) is 14.7. The molecule has 0 spiro atoms. The summed E-state index contributed by atoms with van der Waals surface area (Å²) in [5.41, 5.74) is 1.58. The van der Waals surface area contributed by atoms with Crippen molar-refractivity contribution >= 4 is 51.8 Å². The second kappa shape index (κ2) is 8.70. The van der Waals surface area contributed by atoms with Crippen molar-refractivity contribution in [1.29, 1.82) is 0 Å². The molecule has 1 aromatic rings. The third-order valence-corrected chi connectivity index (χ3v) is 5.78. The summed E-state index contributed by atoms with van der Waals surface area (Å²) in [6.45, 7) is 1.60. The molecule has 138 valence electrons. The van der Waals surface area contributed by atoms with E-state index >= 15 is 0 Å². The number of benzene rings is 1. The van der Waals surface area contributed by atoms with Crippen LogP contribution in [0.4, 0.5) is 0 Å². The van der Waals surface area contributed by atoms with E-state index in [4.69, 9.17) is 0 Å². The summed E-state index contributed by atoms with van der Waals surface area (Å²) in [5.74, 6) is 1.04. The number of nitrogens with zero attached hydrogens (tertiary/aromatic N) is 2.